The molecule has 19 heavy (non-hydrogen) atoms. The highest BCUT2D eigenvalue weighted by molar-refractivity contribution is 7.99. The van der Waals surface area contributed by atoms with Crippen molar-refractivity contribution in [2.24, 2.45) is 0 Å². The summed E-state index contributed by atoms with van der Waals surface area (Å²) in [6.07, 6.45) is -12.3. The maximum absolute atomic E-state index is 12.8. The average Bonchev–Trinajstić information content (AvgIpc) is 2.20. The van der Waals surface area contributed by atoms with Crippen LogP contribution in [0.25, 0.3) is 0 Å². The lowest BCUT2D eigenvalue weighted by molar-refractivity contribution is -0.118. The van der Waals surface area contributed by atoms with Crippen LogP contribution < -0.4 is 0 Å². The van der Waals surface area contributed by atoms with Crippen molar-refractivity contribution in [2.45, 2.75) is 16.7 Å². The third-order valence-electron chi connectivity index (χ3n) is 1.32. The second kappa shape index (κ2) is 6.01. The first-order chi connectivity index (χ1) is 8.24. The molecule has 0 aliphatic heterocycles. The number of alkyl halides is 8. The molecule has 0 bridgehead atoms. The van der Waals surface area contributed by atoms with Gasteiger partial charge in [0.25, 0.3) is 0 Å². The van der Waals surface area contributed by atoms with Gasteiger partial charge in [0, 0.05) is 0 Å². The summed E-state index contributed by atoms with van der Waals surface area (Å²) in [6.45, 7) is -4.71. The molecule has 0 N–H and O–H groups in total. The average molecular weight is 342 g/mol. The van der Waals surface area contributed by atoms with Gasteiger partial charge < -0.3 is 4.10 Å². The lowest BCUT2D eigenvalue weighted by Crippen LogP contribution is -2.52. The molecular formula is C4H3BF8O4S2. The van der Waals surface area contributed by atoms with Gasteiger partial charge in [-0.05, 0) is 0 Å². The fourth-order valence-electron chi connectivity index (χ4n) is 0.591. The zero-order valence-corrected chi connectivity index (χ0v) is 10.2. The first kappa shape index (κ1) is 18.7. The Bertz CT molecular complexity index is 353. The van der Waals surface area contributed by atoms with E-state index in [1.807, 2.05) is 0 Å². The molecule has 0 aromatic carbocycles. The van der Waals surface area contributed by atoms with Crippen LogP contribution >= 0.6 is 0 Å². The Morgan fingerprint density at radius 2 is 1.21 bits per heavy atom. The molecule has 0 radical (unpaired) electrons. The van der Waals surface area contributed by atoms with Gasteiger partial charge in [-0.25, -0.2) is 8.42 Å². The van der Waals surface area contributed by atoms with Gasteiger partial charge in [-0.2, -0.15) is 35.1 Å². The highest BCUT2D eigenvalue weighted by atomic mass is 32.3. The SMILES string of the molecule is COS(=O)C(F)(F)S(=O)OB(C(F)(F)F)C(F)(F)F. The van der Waals surface area contributed by atoms with Crippen LogP contribution in [0.15, 0.2) is 0 Å². The third kappa shape index (κ3) is 4.96. The van der Waals surface area contributed by atoms with Gasteiger partial charge in [0.2, 0.25) is 22.2 Å². The Balaban J connectivity index is 5.20. The molecule has 0 aliphatic carbocycles. The predicted octanol–water partition coefficient (Wildman–Crippen LogP) is 1.72. The minimum Gasteiger partial charge on any atom is -0.327 e. The molecule has 4 nitrogen and oxygen atoms in total. The van der Waals surface area contributed by atoms with Gasteiger partial charge >= 0.3 is 23.7 Å². The lowest BCUT2D eigenvalue weighted by atomic mass is 9.67. The molecule has 0 spiro atoms. The minimum atomic E-state index is -6.13. The summed E-state index contributed by atoms with van der Waals surface area (Å²) in [5.41, 5.74) is 0. The summed E-state index contributed by atoms with van der Waals surface area (Å²) in [4.78, 5) is 0. The van der Waals surface area contributed by atoms with Crippen molar-refractivity contribution in [1.82, 2.24) is 0 Å². The van der Waals surface area contributed by atoms with Crippen LogP contribution in [0.5, 0.6) is 0 Å². The maximum atomic E-state index is 12.8. The van der Waals surface area contributed by atoms with Crippen molar-refractivity contribution in [2.75, 3.05) is 7.11 Å². The summed E-state index contributed by atoms with van der Waals surface area (Å²) >= 11 is -8.21. The van der Waals surface area contributed by atoms with E-state index in [-0.39, 0.29) is 0 Å². The number of halogens is 8. The number of hydrogen-bond donors (Lipinski definition) is 0. The van der Waals surface area contributed by atoms with Crippen molar-refractivity contribution in [3.05, 3.63) is 0 Å². The highest BCUT2D eigenvalue weighted by Crippen LogP contribution is 2.35. The standard InChI is InChI=1S/C4H3BF8O4S2/c1-16-18(14)4(12,13)19(15)17-5(2(6,7)8)3(9,10)11/h1H3. The molecule has 2 unspecified atom stereocenters. The summed E-state index contributed by atoms with van der Waals surface area (Å²) in [7, 11) is 0.409. The molecule has 0 rings (SSSR count). The topological polar surface area (TPSA) is 52.6 Å². The van der Waals surface area contributed by atoms with Crippen LogP contribution in [0.2, 0.25) is 0 Å². The highest BCUT2D eigenvalue weighted by Gasteiger charge is 2.67. The van der Waals surface area contributed by atoms with Crippen LogP contribution in [-0.2, 0) is 30.4 Å². The monoisotopic (exact) mass is 342 g/mol. The van der Waals surface area contributed by atoms with Gasteiger partial charge in [-0.3, -0.25) is 4.18 Å². The largest absolute Gasteiger partial charge is 0.556 e. The van der Waals surface area contributed by atoms with Gasteiger partial charge in [0.15, 0.2) is 0 Å². The maximum Gasteiger partial charge on any atom is 0.556 e. The van der Waals surface area contributed by atoms with E-state index in [0.29, 0.717) is 7.11 Å². The van der Waals surface area contributed by atoms with Crippen molar-refractivity contribution >= 4 is 29.1 Å². The van der Waals surface area contributed by atoms with Gasteiger partial charge in [0.1, 0.15) is 0 Å². The van der Waals surface area contributed by atoms with Crippen LogP contribution in [-0.4, -0.2) is 39.2 Å². The number of rotatable bonds is 5. The first-order valence-corrected chi connectivity index (χ1v) is 5.96. The number of hydrogen-bond acceptors (Lipinski definition) is 4. The van der Waals surface area contributed by atoms with Crippen molar-refractivity contribution in [3.8, 4) is 0 Å². The van der Waals surface area contributed by atoms with Gasteiger partial charge in [-0.1, -0.05) is 0 Å². The zero-order valence-electron chi connectivity index (χ0n) is 8.55. The molecule has 0 saturated carbocycles. The van der Waals surface area contributed by atoms with Crippen molar-refractivity contribution < 1.29 is 51.8 Å². The molecule has 0 amide bonds. The van der Waals surface area contributed by atoms with Crippen LogP contribution in [0.1, 0.15) is 0 Å². The summed E-state index contributed by atoms with van der Waals surface area (Å²) < 4.78 is 119. The first-order valence-electron chi connectivity index (χ1n) is 3.81. The molecule has 0 aromatic rings. The van der Waals surface area contributed by atoms with E-state index < -0.39 is 45.8 Å². The summed E-state index contributed by atoms with van der Waals surface area (Å²) in [6, 6.07) is 0. The van der Waals surface area contributed by atoms with Crippen LogP contribution in [0.4, 0.5) is 35.1 Å². The van der Waals surface area contributed by atoms with E-state index in [2.05, 4.69) is 8.28 Å². The Morgan fingerprint density at radius 3 is 1.47 bits per heavy atom. The van der Waals surface area contributed by atoms with E-state index in [9.17, 15) is 43.5 Å². The quantitative estimate of drug-likeness (QED) is 0.564. The second-order valence-electron chi connectivity index (χ2n) is 2.66. The molecular weight excluding hydrogens is 339 g/mol. The minimum absolute atomic E-state index is 0.409. The second-order valence-corrected chi connectivity index (χ2v) is 5.41. The van der Waals surface area contributed by atoms with Gasteiger partial charge in [0.05, 0.1) is 7.11 Å². The van der Waals surface area contributed by atoms with E-state index in [1.165, 1.54) is 0 Å². The fourth-order valence-corrected chi connectivity index (χ4v) is 2.06. The molecule has 2 atom stereocenters. The Morgan fingerprint density at radius 1 is 0.842 bits per heavy atom. The third-order valence-corrected chi connectivity index (χ3v) is 3.58. The van der Waals surface area contributed by atoms with E-state index in [4.69, 9.17) is 0 Å². The van der Waals surface area contributed by atoms with Gasteiger partial charge in [-0.15, -0.1) is 0 Å². The van der Waals surface area contributed by atoms with Crippen molar-refractivity contribution in [1.29, 1.82) is 0 Å². The van der Waals surface area contributed by atoms with Crippen LogP contribution in [0.3, 0.4) is 0 Å². The molecule has 15 heteroatoms. The molecule has 0 heterocycles. The smallest absolute Gasteiger partial charge is 0.327 e. The predicted molar refractivity (Wildman–Crippen MR) is 47.2 cm³/mol. The van der Waals surface area contributed by atoms with E-state index in [1.54, 1.807) is 0 Å². The Labute approximate surface area is 105 Å². The molecule has 0 saturated heterocycles. The lowest BCUT2D eigenvalue weighted by Gasteiger charge is -2.20. The van der Waals surface area contributed by atoms with Crippen LogP contribution in [0, 0.1) is 0 Å². The Hall–Kier alpha value is -0.275. The Kier molecular flexibility index (Phi) is 5.92. The fraction of sp³-hybridized carbons (Fsp3) is 1.00. The van der Waals surface area contributed by atoms with E-state index >= 15 is 0 Å². The van der Waals surface area contributed by atoms with Crippen molar-refractivity contribution in [3.63, 3.8) is 0 Å². The molecule has 0 aromatic heterocycles. The molecule has 0 aliphatic rings. The molecule has 0 fully saturated rings. The zero-order chi connectivity index (χ0) is 15.6. The summed E-state index contributed by atoms with van der Waals surface area (Å²) in [5.74, 6) is 0. The van der Waals surface area contributed by atoms with E-state index in [0.717, 1.165) is 0 Å². The summed E-state index contributed by atoms with van der Waals surface area (Å²) in [5, 5.41) is 0. The molecule has 114 valence electrons. The normalized spacial score (nSPS) is 17.1.